The summed E-state index contributed by atoms with van der Waals surface area (Å²) < 4.78 is 5.75. The van der Waals surface area contributed by atoms with Gasteiger partial charge in [-0.15, -0.1) is 0 Å². The lowest BCUT2D eigenvalue weighted by molar-refractivity contribution is -0.146. The van der Waals surface area contributed by atoms with E-state index in [1.807, 2.05) is 0 Å². The maximum atomic E-state index is 11.8. The fourth-order valence-corrected chi connectivity index (χ4v) is 4.73. The summed E-state index contributed by atoms with van der Waals surface area (Å²) in [4.78, 5) is 11.8. The number of carbonyl (C=O) groups excluding carboxylic acids is 1. The maximum Gasteiger partial charge on any atom is 0.309 e. The topological polar surface area (TPSA) is 26.3 Å². The van der Waals surface area contributed by atoms with Crippen molar-refractivity contribution >= 4 is 5.97 Å². The lowest BCUT2D eigenvalue weighted by Gasteiger charge is -2.30. The van der Waals surface area contributed by atoms with E-state index in [0.717, 1.165) is 17.8 Å². The molecule has 2 saturated carbocycles. The Morgan fingerprint density at radius 1 is 0.941 bits per heavy atom. The molecule has 0 spiro atoms. The van der Waals surface area contributed by atoms with Crippen molar-refractivity contribution in [1.29, 1.82) is 0 Å². The number of esters is 1. The zero-order chi connectivity index (χ0) is 12.2. The Balaban J connectivity index is 1.92. The molecule has 2 aliphatic carbocycles. The van der Waals surface area contributed by atoms with Crippen molar-refractivity contribution in [3.05, 3.63) is 0 Å². The Kier molecular flexibility index (Phi) is 2.72. The molecule has 0 N–H and O–H groups in total. The Hall–Kier alpha value is -0.530. The van der Waals surface area contributed by atoms with Gasteiger partial charge in [-0.3, -0.25) is 4.79 Å². The fraction of sp³-hybridized carbons (Fsp3) is 0.933. The molecule has 0 aromatic heterocycles. The predicted molar refractivity (Wildman–Crippen MR) is 66.3 cm³/mol. The summed E-state index contributed by atoms with van der Waals surface area (Å²) >= 11 is 0. The highest BCUT2D eigenvalue weighted by molar-refractivity contribution is 5.74. The van der Waals surface area contributed by atoms with E-state index in [1.54, 1.807) is 0 Å². The van der Waals surface area contributed by atoms with E-state index in [2.05, 4.69) is 20.8 Å². The van der Waals surface area contributed by atoms with Crippen LogP contribution in [0.15, 0.2) is 0 Å². The molecule has 0 unspecified atom stereocenters. The third kappa shape index (κ3) is 1.63. The average Bonchev–Trinajstić information content (AvgIpc) is 2.75. The van der Waals surface area contributed by atoms with Gasteiger partial charge in [-0.1, -0.05) is 33.6 Å². The van der Waals surface area contributed by atoms with Gasteiger partial charge in [0.25, 0.3) is 0 Å². The first-order valence-corrected chi connectivity index (χ1v) is 7.30. The Morgan fingerprint density at radius 3 is 2.35 bits per heavy atom. The van der Waals surface area contributed by atoms with Gasteiger partial charge in [-0.05, 0) is 30.6 Å². The minimum atomic E-state index is 0.0624. The molecule has 0 amide bonds. The summed E-state index contributed by atoms with van der Waals surface area (Å²) in [7, 11) is 0. The summed E-state index contributed by atoms with van der Waals surface area (Å²) in [6.45, 7) is 6.83. The summed E-state index contributed by atoms with van der Waals surface area (Å²) in [6, 6.07) is 0. The van der Waals surface area contributed by atoms with Gasteiger partial charge in [0.05, 0.1) is 5.92 Å². The molecule has 2 nitrogen and oxygen atoms in total. The highest BCUT2D eigenvalue weighted by Gasteiger charge is 2.53. The van der Waals surface area contributed by atoms with Crippen molar-refractivity contribution in [1.82, 2.24) is 0 Å². The van der Waals surface area contributed by atoms with Crippen LogP contribution in [0, 0.1) is 35.5 Å². The minimum absolute atomic E-state index is 0.0624. The number of carbonyl (C=O) groups is 1. The lowest BCUT2D eigenvalue weighted by Crippen LogP contribution is -2.32. The monoisotopic (exact) mass is 236 g/mol. The first-order chi connectivity index (χ1) is 8.09. The molecule has 3 fully saturated rings. The van der Waals surface area contributed by atoms with Gasteiger partial charge in [-0.25, -0.2) is 0 Å². The highest BCUT2D eigenvalue weighted by atomic mass is 16.6. The van der Waals surface area contributed by atoms with Gasteiger partial charge in [0.15, 0.2) is 0 Å². The molecule has 3 rings (SSSR count). The van der Waals surface area contributed by atoms with Crippen molar-refractivity contribution in [3.63, 3.8) is 0 Å². The van der Waals surface area contributed by atoms with Crippen LogP contribution in [-0.4, -0.2) is 12.1 Å². The summed E-state index contributed by atoms with van der Waals surface area (Å²) in [5, 5.41) is 0. The highest BCUT2D eigenvalue weighted by Crippen LogP contribution is 2.52. The van der Waals surface area contributed by atoms with Crippen LogP contribution in [0.1, 0.15) is 46.5 Å². The maximum absolute atomic E-state index is 11.8. The number of rotatable bonds is 0. The molecule has 3 aliphatic rings. The molecule has 0 bridgehead atoms. The van der Waals surface area contributed by atoms with Crippen LogP contribution in [0.4, 0.5) is 0 Å². The average molecular weight is 236 g/mol. The normalized spacial score (nSPS) is 53.8. The van der Waals surface area contributed by atoms with Gasteiger partial charge >= 0.3 is 5.97 Å². The van der Waals surface area contributed by atoms with Gasteiger partial charge in [0.2, 0.25) is 0 Å². The third-order valence-electron chi connectivity index (χ3n) is 5.86. The molecule has 0 aromatic carbocycles. The van der Waals surface area contributed by atoms with Crippen molar-refractivity contribution in [2.24, 2.45) is 35.5 Å². The van der Waals surface area contributed by atoms with Gasteiger partial charge in [0, 0.05) is 11.8 Å². The van der Waals surface area contributed by atoms with Crippen LogP contribution in [0.25, 0.3) is 0 Å². The molecule has 1 heterocycles. The smallest absolute Gasteiger partial charge is 0.309 e. The van der Waals surface area contributed by atoms with Gasteiger partial charge in [0.1, 0.15) is 6.10 Å². The molecule has 1 aliphatic heterocycles. The second kappa shape index (κ2) is 4.00. The first kappa shape index (κ1) is 11.6. The number of hydrogen-bond acceptors (Lipinski definition) is 2. The standard InChI is InChI=1S/C15H24O2/c1-8-4-7-12-10(3)15(16)17-14(12)13-9(2)5-6-11(8)13/h8-14H,4-7H2,1-3H3/t8-,9-,10-,11+,12+,13-,14+/m1/s1. The van der Waals surface area contributed by atoms with Crippen LogP contribution in [0.3, 0.4) is 0 Å². The van der Waals surface area contributed by atoms with Crippen LogP contribution in [-0.2, 0) is 9.53 Å². The van der Waals surface area contributed by atoms with E-state index >= 15 is 0 Å². The number of fused-ring (bicyclic) bond motifs is 3. The molecular formula is C15H24O2. The van der Waals surface area contributed by atoms with E-state index < -0.39 is 0 Å². The SMILES string of the molecule is C[C@@H]1CC[C@@H]2[C@H](OC(=O)[C@@H]2C)[C@H]2[C@H]1CC[C@H]2C. The first-order valence-electron chi connectivity index (χ1n) is 7.30. The quantitative estimate of drug-likeness (QED) is 0.603. The summed E-state index contributed by atoms with van der Waals surface area (Å²) in [5.74, 6) is 3.71. The van der Waals surface area contributed by atoms with Crippen LogP contribution < -0.4 is 0 Å². The van der Waals surface area contributed by atoms with Crippen molar-refractivity contribution < 1.29 is 9.53 Å². The fourth-order valence-electron chi connectivity index (χ4n) is 4.73. The summed E-state index contributed by atoms with van der Waals surface area (Å²) in [6.07, 6.45) is 5.40. The van der Waals surface area contributed by atoms with Gasteiger partial charge in [-0.2, -0.15) is 0 Å². The largest absolute Gasteiger partial charge is 0.462 e. The molecule has 1 saturated heterocycles. The molecule has 7 atom stereocenters. The second-order valence-corrected chi connectivity index (χ2v) is 6.70. The molecule has 0 aromatic rings. The van der Waals surface area contributed by atoms with E-state index in [-0.39, 0.29) is 18.0 Å². The predicted octanol–water partition coefficient (Wildman–Crippen LogP) is 3.26. The minimum Gasteiger partial charge on any atom is -0.462 e. The van der Waals surface area contributed by atoms with E-state index in [9.17, 15) is 4.79 Å². The second-order valence-electron chi connectivity index (χ2n) is 6.70. The third-order valence-corrected chi connectivity index (χ3v) is 5.86. The van der Waals surface area contributed by atoms with Crippen LogP contribution in [0.2, 0.25) is 0 Å². The van der Waals surface area contributed by atoms with Crippen molar-refractivity contribution in [2.75, 3.05) is 0 Å². The van der Waals surface area contributed by atoms with Crippen LogP contribution in [0.5, 0.6) is 0 Å². The van der Waals surface area contributed by atoms with E-state index in [0.29, 0.717) is 11.8 Å². The zero-order valence-corrected chi connectivity index (χ0v) is 11.2. The van der Waals surface area contributed by atoms with Crippen molar-refractivity contribution in [3.8, 4) is 0 Å². The van der Waals surface area contributed by atoms with E-state index in [1.165, 1.54) is 25.7 Å². The Bertz CT molecular complexity index is 325. The van der Waals surface area contributed by atoms with Crippen LogP contribution >= 0.6 is 0 Å². The molecule has 2 heteroatoms. The molecule has 0 radical (unpaired) electrons. The number of hydrogen-bond donors (Lipinski definition) is 0. The molecule has 96 valence electrons. The Labute approximate surface area is 104 Å². The zero-order valence-electron chi connectivity index (χ0n) is 11.2. The molecular weight excluding hydrogens is 212 g/mol. The molecule has 17 heavy (non-hydrogen) atoms. The van der Waals surface area contributed by atoms with E-state index in [4.69, 9.17) is 4.74 Å². The summed E-state index contributed by atoms with van der Waals surface area (Å²) in [5.41, 5.74) is 0. The van der Waals surface area contributed by atoms with Crippen molar-refractivity contribution in [2.45, 2.75) is 52.6 Å². The number of ether oxygens (including phenoxy) is 1. The lowest BCUT2D eigenvalue weighted by atomic mass is 9.77. The van der Waals surface area contributed by atoms with Gasteiger partial charge < -0.3 is 4.74 Å². The Morgan fingerprint density at radius 2 is 1.59 bits per heavy atom.